The molecular weight excluding hydrogens is 242 g/mol. The van der Waals surface area contributed by atoms with Crippen LogP contribution in [0.15, 0.2) is 35.5 Å². The topological polar surface area (TPSA) is 117 Å². The lowest BCUT2D eigenvalue weighted by atomic mass is 9.70. The zero-order valence-electron chi connectivity index (χ0n) is 9.53. The lowest BCUT2D eigenvalue weighted by Gasteiger charge is -2.21. The van der Waals surface area contributed by atoms with Gasteiger partial charge in [0, 0.05) is 5.56 Å². The van der Waals surface area contributed by atoms with E-state index in [1.807, 2.05) is 0 Å². The van der Waals surface area contributed by atoms with Crippen molar-refractivity contribution in [2.75, 3.05) is 0 Å². The van der Waals surface area contributed by atoms with Gasteiger partial charge in [0.05, 0.1) is 12.1 Å². The average Bonchev–Trinajstić information content (AvgIpc) is 2.83. The molecule has 1 aliphatic rings. The highest BCUT2D eigenvalue weighted by molar-refractivity contribution is 6.10. The second-order valence-electron chi connectivity index (χ2n) is 3.78. The molecule has 1 aromatic rings. The van der Waals surface area contributed by atoms with E-state index in [1.54, 1.807) is 54.6 Å². The molecule has 0 spiro atoms. The normalized spacial score (nSPS) is 17.8. The van der Waals surface area contributed by atoms with Crippen molar-refractivity contribution >= 4 is 5.71 Å². The highest BCUT2D eigenvalue weighted by Gasteiger charge is 2.65. The number of hydrogen-bond acceptors (Lipinski definition) is 6. The lowest BCUT2D eigenvalue weighted by Crippen LogP contribution is -2.46. The van der Waals surface area contributed by atoms with Crippen LogP contribution in [0, 0.1) is 50.7 Å². The molecule has 0 amide bonds. The van der Waals surface area contributed by atoms with E-state index in [0.29, 0.717) is 5.56 Å². The minimum Gasteiger partial charge on any atom is -0.354 e. The van der Waals surface area contributed by atoms with Gasteiger partial charge in [0.2, 0.25) is 0 Å². The lowest BCUT2D eigenvalue weighted by molar-refractivity contribution is 0.0415. The Morgan fingerprint density at radius 3 is 1.95 bits per heavy atom. The minimum absolute atomic E-state index is 0.0267. The Balaban J connectivity index is 2.69. The summed E-state index contributed by atoms with van der Waals surface area (Å²) in [6.45, 7) is 0. The van der Waals surface area contributed by atoms with E-state index in [4.69, 9.17) is 15.4 Å². The molecule has 0 N–H and O–H groups in total. The summed E-state index contributed by atoms with van der Waals surface area (Å²) in [5.74, 6) is 0. The van der Waals surface area contributed by atoms with Gasteiger partial charge in [-0.2, -0.15) is 21.0 Å². The van der Waals surface area contributed by atoms with Gasteiger partial charge in [0.15, 0.2) is 0 Å². The fourth-order valence-electron chi connectivity index (χ4n) is 1.80. The van der Waals surface area contributed by atoms with Crippen LogP contribution >= 0.6 is 0 Å². The monoisotopic (exact) mass is 247 g/mol. The quantitative estimate of drug-likeness (QED) is 0.739. The van der Waals surface area contributed by atoms with Crippen molar-refractivity contribution in [1.29, 1.82) is 21.0 Å². The number of rotatable bonds is 1. The van der Waals surface area contributed by atoms with Gasteiger partial charge in [-0.15, -0.1) is 0 Å². The van der Waals surface area contributed by atoms with E-state index in [0.717, 1.165) is 0 Å². The first-order valence-corrected chi connectivity index (χ1v) is 5.17. The van der Waals surface area contributed by atoms with Crippen LogP contribution in [0.2, 0.25) is 0 Å². The smallest absolute Gasteiger partial charge is 0.343 e. The fraction of sp³-hybridized carbons (Fsp3) is 0.154. The van der Waals surface area contributed by atoms with Gasteiger partial charge < -0.3 is 4.84 Å². The van der Waals surface area contributed by atoms with E-state index in [-0.39, 0.29) is 5.71 Å². The van der Waals surface area contributed by atoms with Crippen LogP contribution in [0.25, 0.3) is 0 Å². The number of nitriles is 4. The Morgan fingerprint density at radius 1 is 0.895 bits per heavy atom. The summed E-state index contributed by atoms with van der Waals surface area (Å²) in [5.41, 5.74) is -3.89. The summed E-state index contributed by atoms with van der Waals surface area (Å²) >= 11 is 0. The molecule has 1 aromatic carbocycles. The Bertz CT molecular complexity index is 681. The molecule has 0 saturated carbocycles. The van der Waals surface area contributed by atoms with Crippen LogP contribution in [0.3, 0.4) is 0 Å². The molecule has 6 nitrogen and oxygen atoms in total. The molecule has 0 unspecified atom stereocenters. The summed E-state index contributed by atoms with van der Waals surface area (Å²) in [6, 6.07) is 14.9. The summed E-state index contributed by atoms with van der Waals surface area (Å²) < 4.78 is 0. The fourth-order valence-corrected chi connectivity index (χ4v) is 1.80. The number of benzene rings is 1. The highest BCUT2D eigenvalue weighted by Crippen LogP contribution is 2.42. The van der Waals surface area contributed by atoms with Crippen molar-refractivity contribution in [2.45, 2.75) is 5.60 Å². The Morgan fingerprint density at radius 2 is 1.47 bits per heavy atom. The standard InChI is InChI=1S/C13H5N5O/c14-6-12(7-15)11(10-4-2-1-3-5-10)18-19-13(12,8-16)9-17/h1-5H. The van der Waals surface area contributed by atoms with Crippen molar-refractivity contribution in [3.05, 3.63) is 35.9 Å². The number of oxime groups is 1. The molecule has 0 aromatic heterocycles. The van der Waals surface area contributed by atoms with Crippen LogP contribution in [0.1, 0.15) is 5.56 Å². The second-order valence-corrected chi connectivity index (χ2v) is 3.78. The van der Waals surface area contributed by atoms with Gasteiger partial charge in [-0.25, -0.2) is 0 Å². The zero-order valence-corrected chi connectivity index (χ0v) is 9.53. The van der Waals surface area contributed by atoms with Gasteiger partial charge in [-0.05, 0) is 0 Å². The summed E-state index contributed by atoms with van der Waals surface area (Å²) in [6.07, 6.45) is 0. The van der Waals surface area contributed by atoms with Crippen LogP contribution in [-0.4, -0.2) is 11.3 Å². The molecule has 0 bridgehead atoms. The largest absolute Gasteiger partial charge is 0.354 e. The molecule has 2 rings (SSSR count). The molecule has 0 aliphatic carbocycles. The summed E-state index contributed by atoms with van der Waals surface area (Å²) in [7, 11) is 0. The number of nitrogens with zero attached hydrogens (tertiary/aromatic N) is 5. The Kier molecular flexibility index (Phi) is 2.65. The second kappa shape index (κ2) is 4.15. The Hall–Kier alpha value is -3.35. The van der Waals surface area contributed by atoms with E-state index in [2.05, 4.69) is 5.16 Å². The first-order chi connectivity index (χ1) is 9.19. The molecule has 88 valence electrons. The summed E-state index contributed by atoms with van der Waals surface area (Å²) in [4.78, 5) is 4.82. The molecule has 0 atom stereocenters. The molecular formula is C13H5N5O. The van der Waals surface area contributed by atoms with E-state index in [1.165, 1.54) is 0 Å². The Labute approximate surface area is 109 Å². The van der Waals surface area contributed by atoms with Gasteiger partial charge in [-0.1, -0.05) is 35.5 Å². The predicted molar refractivity (Wildman–Crippen MR) is 61.7 cm³/mol. The summed E-state index contributed by atoms with van der Waals surface area (Å²) in [5, 5.41) is 40.5. The third-order valence-electron chi connectivity index (χ3n) is 2.85. The average molecular weight is 247 g/mol. The molecule has 19 heavy (non-hydrogen) atoms. The predicted octanol–water partition coefficient (Wildman–Crippen LogP) is 1.24. The van der Waals surface area contributed by atoms with Gasteiger partial charge >= 0.3 is 5.60 Å². The highest BCUT2D eigenvalue weighted by atomic mass is 16.7. The third kappa shape index (κ3) is 1.35. The van der Waals surface area contributed by atoms with E-state index in [9.17, 15) is 10.5 Å². The number of hydrogen-bond donors (Lipinski definition) is 0. The van der Waals surface area contributed by atoms with Crippen LogP contribution < -0.4 is 0 Å². The van der Waals surface area contributed by atoms with Crippen LogP contribution in [0.4, 0.5) is 0 Å². The van der Waals surface area contributed by atoms with Crippen molar-refractivity contribution in [1.82, 2.24) is 0 Å². The first kappa shape index (κ1) is 12.1. The molecule has 6 heteroatoms. The SMILES string of the molecule is N#CC1(C#N)ON=C(c2ccccc2)C1(C#N)C#N. The van der Waals surface area contributed by atoms with E-state index >= 15 is 0 Å². The van der Waals surface area contributed by atoms with Gasteiger partial charge in [0.1, 0.15) is 17.9 Å². The maximum Gasteiger partial charge on any atom is 0.343 e. The maximum atomic E-state index is 9.31. The van der Waals surface area contributed by atoms with E-state index < -0.39 is 11.0 Å². The zero-order chi connectivity index (χ0) is 13.9. The van der Waals surface area contributed by atoms with Crippen molar-refractivity contribution < 1.29 is 4.84 Å². The minimum atomic E-state index is -2.25. The van der Waals surface area contributed by atoms with Crippen LogP contribution in [0.5, 0.6) is 0 Å². The first-order valence-electron chi connectivity index (χ1n) is 5.17. The maximum absolute atomic E-state index is 9.31. The van der Waals surface area contributed by atoms with Crippen molar-refractivity contribution in [3.63, 3.8) is 0 Å². The third-order valence-corrected chi connectivity index (χ3v) is 2.85. The van der Waals surface area contributed by atoms with Crippen molar-refractivity contribution in [2.24, 2.45) is 10.6 Å². The van der Waals surface area contributed by atoms with Gasteiger partial charge in [-0.3, -0.25) is 0 Å². The molecule has 0 saturated heterocycles. The molecule has 0 fully saturated rings. The van der Waals surface area contributed by atoms with Crippen molar-refractivity contribution in [3.8, 4) is 24.3 Å². The molecule has 1 aliphatic heterocycles. The molecule has 0 radical (unpaired) electrons. The van der Waals surface area contributed by atoms with Gasteiger partial charge in [0.25, 0.3) is 5.41 Å². The molecule has 1 heterocycles. The van der Waals surface area contributed by atoms with Crippen LogP contribution in [-0.2, 0) is 4.84 Å².